The highest BCUT2D eigenvalue weighted by atomic mass is 127. The summed E-state index contributed by atoms with van der Waals surface area (Å²) in [7, 11) is 1.13. The third-order valence-electron chi connectivity index (χ3n) is 3.85. The van der Waals surface area contributed by atoms with Crippen LogP contribution in [0.2, 0.25) is 0 Å². The zero-order valence-corrected chi connectivity index (χ0v) is 19.1. The van der Waals surface area contributed by atoms with Crippen LogP contribution in [0, 0.1) is 0 Å². The topological polar surface area (TPSA) is 115 Å². The van der Waals surface area contributed by atoms with Crippen molar-refractivity contribution in [3.05, 3.63) is 53.6 Å². The summed E-state index contributed by atoms with van der Waals surface area (Å²) in [5, 5.41) is 11.5. The largest absolute Gasteiger partial charge is 0.497 e. The Morgan fingerprint density at radius 2 is 1.79 bits per heavy atom. The minimum atomic E-state index is -3.73. The van der Waals surface area contributed by atoms with Gasteiger partial charge in [0.25, 0.3) is 0 Å². The first-order valence-electron chi connectivity index (χ1n) is 8.14. The number of sulfonamides is 1. The number of hydrogen-bond donors (Lipinski definition) is 3. The minimum absolute atomic E-state index is 0. The van der Waals surface area contributed by atoms with E-state index in [0.29, 0.717) is 30.5 Å². The van der Waals surface area contributed by atoms with Gasteiger partial charge in [0, 0.05) is 31.8 Å². The van der Waals surface area contributed by atoms with E-state index in [4.69, 9.17) is 14.6 Å². The van der Waals surface area contributed by atoms with Gasteiger partial charge in [-0.1, -0.05) is 12.1 Å². The van der Waals surface area contributed by atoms with Crippen molar-refractivity contribution in [3.8, 4) is 11.5 Å². The van der Waals surface area contributed by atoms with Gasteiger partial charge >= 0.3 is 0 Å². The molecule has 0 aliphatic heterocycles. The summed E-state index contributed by atoms with van der Waals surface area (Å²) in [6.45, 7) is 0.882. The zero-order valence-electron chi connectivity index (χ0n) is 15.9. The fourth-order valence-corrected chi connectivity index (χ4v) is 3.00. The molecule has 0 saturated carbocycles. The summed E-state index contributed by atoms with van der Waals surface area (Å²) >= 11 is 0. The number of nitrogens with one attached hydrogen (secondary N) is 2. The number of benzene rings is 2. The molecule has 8 nitrogen and oxygen atoms in total. The summed E-state index contributed by atoms with van der Waals surface area (Å²) in [6.07, 6.45) is 0. The molecule has 0 amide bonds. The molecule has 2 rings (SSSR count). The lowest BCUT2D eigenvalue weighted by Crippen LogP contribution is -2.36. The Morgan fingerprint density at radius 1 is 1.07 bits per heavy atom. The monoisotopic (exact) mass is 520 g/mol. The molecular formula is C18H25IN4O4S. The molecule has 4 N–H and O–H groups in total. The van der Waals surface area contributed by atoms with Gasteiger partial charge < -0.3 is 20.1 Å². The number of aliphatic imine (C=N–C) groups is 1. The van der Waals surface area contributed by atoms with Crippen LogP contribution in [0.4, 0.5) is 0 Å². The molecule has 0 atom stereocenters. The molecule has 0 bridgehead atoms. The van der Waals surface area contributed by atoms with Gasteiger partial charge in [-0.05, 0) is 29.8 Å². The SMILES string of the molecule is CN=C(NCc1cccc(S(N)(=O)=O)c1)NCc1ccc(OC)cc1OC.I. The number of ether oxygens (including phenoxy) is 2. The molecule has 10 heteroatoms. The number of halogens is 1. The van der Waals surface area contributed by atoms with Crippen LogP contribution in [0.15, 0.2) is 52.4 Å². The molecule has 0 heterocycles. The highest BCUT2D eigenvalue weighted by molar-refractivity contribution is 14.0. The second kappa shape index (κ2) is 11.1. The van der Waals surface area contributed by atoms with Crippen LogP contribution in [0.5, 0.6) is 11.5 Å². The van der Waals surface area contributed by atoms with Crippen molar-refractivity contribution in [1.82, 2.24) is 10.6 Å². The number of rotatable bonds is 7. The van der Waals surface area contributed by atoms with E-state index in [9.17, 15) is 8.42 Å². The van der Waals surface area contributed by atoms with Gasteiger partial charge in [-0.25, -0.2) is 13.6 Å². The van der Waals surface area contributed by atoms with Crippen LogP contribution in [0.25, 0.3) is 0 Å². The van der Waals surface area contributed by atoms with Gasteiger partial charge in [-0.15, -0.1) is 24.0 Å². The van der Waals surface area contributed by atoms with E-state index >= 15 is 0 Å². The van der Waals surface area contributed by atoms with Crippen molar-refractivity contribution < 1.29 is 17.9 Å². The molecule has 0 spiro atoms. The Bertz CT molecular complexity index is 920. The summed E-state index contributed by atoms with van der Waals surface area (Å²) < 4.78 is 33.5. The lowest BCUT2D eigenvalue weighted by Gasteiger charge is -2.14. The Balaban J connectivity index is 0.00000392. The number of hydrogen-bond acceptors (Lipinski definition) is 5. The summed E-state index contributed by atoms with van der Waals surface area (Å²) in [5.74, 6) is 1.99. The van der Waals surface area contributed by atoms with E-state index in [1.165, 1.54) is 12.1 Å². The Morgan fingerprint density at radius 3 is 2.39 bits per heavy atom. The van der Waals surface area contributed by atoms with E-state index in [2.05, 4.69) is 15.6 Å². The lowest BCUT2D eigenvalue weighted by atomic mass is 10.2. The third-order valence-corrected chi connectivity index (χ3v) is 4.76. The number of nitrogens with zero attached hydrogens (tertiary/aromatic N) is 1. The molecule has 0 saturated heterocycles. The van der Waals surface area contributed by atoms with E-state index in [0.717, 1.165) is 11.1 Å². The number of guanidine groups is 1. The second-order valence-electron chi connectivity index (χ2n) is 5.65. The second-order valence-corrected chi connectivity index (χ2v) is 7.21. The van der Waals surface area contributed by atoms with Crippen LogP contribution in [0.3, 0.4) is 0 Å². The fraction of sp³-hybridized carbons (Fsp3) is 0.278. The number of primary sulfonamides is 1. The third kappa shape index (κ3) is 6.84. The van der Waals surface area contributed by atoms with Crippen molar-refractivity contribution in [2.45, 2.75) is 18.0 Å². The molecule has 28 heavy (non-hydrogen) atoms. The van der Waals surface area contributed by atoms with E-state index in [1.807, 2.05) is 24.3 Å². The van der Waals surface area contributed by atoms with Crippen LogP contribution < -0.4 is 25.2 Å². The molecule has 0 unspecified atom stereocenters. The number of methoxy groups -OCH3 is 2. The molecule has 0 aliphatic rings. The average Bonchev–Trinajstić information content (AvgIpc) is 2.67. The average molecular weight is 520 g/mol. The summed E-state index contributed by atoms with van der Waals surface area (Å²) in [5.41, 5.74) is 1.71. The maximum absolute atomic E-state index is 11.4. The van der Waals surface area contributed by atoms with Crippen molar-refractivity contribution in [3.63, 3.8) is 0 Å². The van der Waals surface area contributed by atoms with Crippen molar-refractivity contribution in [2.75, 3.05) is 21.3 Å². The molecule has 2 aromatic rings. The molecular weight excluding hydrogens is 495 g/mol. The zero-order chi connectivity index (χ0) is 19.9. The first-order valence-corrected chi connectivity index (χ1v) is 9.69. The molecule has 2 aromatic carbocycles. The maximum atomic E-state index is 11.4. The quantitative estimate of drug-likeness (QED) is 0.292. The molecule has 0 aliphatic carbocycles. The maximum Gasteiger partial charge on any atom is 0.238 e. The predicted molar refractivity (Wildman–Crippen MR) is 120 cm³/mol. The highest BCUT2D eigenvalue weighted by Gasteiger charge is 2.09. The van der Waals surface area contributed by atoms with Crippen LogP contribution >= 0.6 is 24.0 Å². The fourth-order valence-electron chi connectivity index (χ4n) is 2.42. The Labute approximate surface area is 182 Å². The van der Waals surface area contributed by atoms with Gasteiger partial charge in [-0.3, -0.25) is 4.99 Å². The van der Waals surface area contributed by atoms with Crippen molar-refractivity contribution >= 4 is 40.0 Å². The normalized spacial score (nSPS) is 11.4. The first kappa shape index (κ1) is 24.0. The Kier molecular flexibility index (Phi) is 9.49. The van der Waals surface area contributed by atoms with Gasteiger partial charge in [0.2, 0.25) is 10.0 Å². The Hall–Kier alpha value is -2.05. The van der Waals surface area contributed by atoms with Gasteiger partial charge in [0.1, 0.15) is 11.5 Å². The molecule has 0 radical (unpaired) electrons. The van der Waals surface area contributed by atoms with E-state index in [1.54, 1.807) is 27.3 Å². The molecule has 0 fully saturated rings. The first-order chi connectivity index (χ1) is 12.9. The van der Waals surface area contributed by atoms with E-state index in [-0.39, 0.29) is 28.9 Å². The van der Waals surface area contributed by atoms with E-state index < -0.39 is 10.0 Å². The number of nitrogens with two attached hydrogens (primary N) is 1. The standard InChI is InChI=1S/C18H24N4O4S.HI/c1-20-18(21-11-13-5-4-6-16(9-13)27(19,23)24)22-12-14-7-8-15(25-2)10-17(14)26-3;/h4-10H,11-12H2,1-3H3,(H2,19,23,24)(H2,20,21,22);1H. The predicted octanol–water partition coefficient (Wildman–Crippen LogP) is 1.83. The van der Waals surface area contributed by atoms with Crippen LogP contribution in [-0.4, -0.2) is 35.6 Å². The molecule has 0 aromatic heterocycles. The summed E-state index contributed by atoms with van der Waals surface area (Å²) in [6, 6.07) is 12.0. The van der Waals surface area contributed by atoms with Gasteiger partial charge in [-0.2, -0.15) is 0 Å². The minimum Gasteiger partial charge on any atom is -0.497 e. The van der Waals surface area contributed by atoms with Gasteiger partial charge in [0.05, 0.1) is 19.1 Å². The van der Waals surface area contributed by atoms with Crippen LogP contribution in [-0.2, 0) is 23.1 Å². The highest BCUT2D eigenvalue weighted by Crippen LogP contribution is 2.24. The van der Waals surface area contributed by atoms with Crippen molar-refractivity contribution in [1.29, 1.82) is 0 Å². The van der Waals surface area contributed by atoms with Crippen LogP contribution in [0.1, 0.15) is 11.1 Å². The lowest BCUT2D eigenvalue weighted by molar-refractivity contribution is 0.390. The summed E-state index contributed by atoms with van der Waals surface area (Å²) in [4.78, 5) is 4.24. The smallest absolute Gasteiger partial charge is 0.238 e. The van der Waals surface area contributed by atoms with Crippen molar-refractivity contribution in [2.24, 2.45) is 10.1 Å². The molecule has 154 valence electrons. The van der Waals surface area contributed by atoms with Gasteiger partial charge in [0.15, 0.2) is 5.96 Å².